The maximum Gasteiger partial charge on any atom is 0.416 e. The van der Waals surface area contributed by atoms with Gasteiger partial charge in [-0.05, 0) is 12.1 Å². The van der Waals surface area contributed by atoms with Gasteiger partial charge in [0, 0.05) is 12.5 Å². The molecule has 0 heterocycles. The molecule has 0 spiro atoms. The number of ketones is 1. The monoisotopic (exact) mass is 255 g/mol. The molecule has 0 amide bonds. The Labute approximate surface area is 101 Å². The van der Waals surface area contributed by atoms with Gasteiger partial charge >= 0.3 is 6.18 Å². The van der Waals surface area contributed by atoms with Crippen LogP contribution in [0.15, 0.2) is 29.8 Å². The Kier molecular flexibility index (Phi) is 3.76. The minimum Gasteiger partial charge on any atom is -0.506 e. The molecule has 1 N–H and O–H groups in total. The molecule has 0 aliphatic heterocycles. The molecule has 3 nitrogen and oxygen atoms in total. The maximum absolute atomic E-state index is 12.3. The van der Waals surface area contributed by atoms with Gasteiger partial charge in [-0.3, -0.25) is 4.79 Å². The van der Waals surface area contributed by atoms with Crippen LogP contribution in [-0.4, -0.2) is 10.9 Å². The second-order valence-corrected chi connectivity index (χ2v) is 3.47. The maximum atomic E-state index is 12.3. The molecule has 0 aliphatic rings. The van der Waals surface area contributed by atoms with Gasteiger partial charge in [0.25, 0.3) is 0 Å². The van der Waals surface area contributed by atoms with Crippen molar-refractivity contribution >= 4 is 11.5 Å². The molecule has 0 radical (unpaired) electrons. The van der Waals surface area contributed by atoms with Crippen molar-refractivity contribution in [2.24, 2.45) is 0 Å². The Balaban J connectivity index is 3.22. The summed E-state index contributed by atoms with van der Waals surface area (Å²) in [6, 6.07) is 5.03. The molecule has 1 aromatic carbocycles. The van der Waals surface area contributed by atoms with Crippen LogP contribution in [0, 0.1) is 11.3 Å². The Hall–Kier alpha value is -2.29. The zero-order valence-corrected chi connectivity index (χ0v) is 9.25. The predicted octanol–water partition coefficient (Wildman–Crippen LogP) is 3.09. The number of rotatable bonds is 2. The number of hydrogen-bond acceptors (Lipinski definition) is 3. The van der Waals surface area contributed by atoms with Crippen molar-refractivity contribution in [1.29, 1.82) is 5.26 Å². The van der Waals surface area contributed by atoms with Crippen molar-refractivity contribution in [2.75, 3.05) is 0 Å². The second-order valence-electron chi connectivity index (χ2n) is 3.47. The third-order valence-corrected chi connectivity index (χ3v) is 2.19. The van der Waals surface area contributed by atoms with E-state index in [1.807, 2.05) is 0 Å². The lowest BCUT2D eigenvalue weighted by Crippen LogP contribution is -2.05. The summed E-state index contributed by atoms with van der Waals surface area (Å²) in [6.45, 7) is 1.08. The first-order valence-corrected chi connectivity index (χ1v) is 4.79. The Morgan fingerprint density at radius 3 is 2.11 bits per heavy atom. The number of hydrogen-bond donors (Lipinski definition) is 1. The van der Waals surface area contributed by atoms with Crippen LogP contribution in [0.1, 0.15) is 18.1 Å². The summed E-state index contributed by atoms with van der Waals surface area (Å²) in [6.07, 6.45) is -4.48. The minimum atomic E-state index is -4.48. The number of nitriles is 1. The number of carbonyl (C=O) groups excluding carboxylic acids is 1. The summed E-state index contributed by atoms with van der Waals surface area (Å²) >= 11 is 0. The van der Waals surface area contributed by atoms with E-state index in [0.717, 1.165) is 31.2 Å². The van der Waals surface area contributed by atoms with E-state index in [-0.39, 0.29) is 5.56 Å². The number of Topliss-reactive ketones (excluding diaryl/α,β-unsaturated/α-hetero) is 1. The molecule has 6 heteroatoms. The number of nitrogens with zero attached hydrogens (tertiary/aromatic N) is 1. The van der Waals surface area contributed by atoms with Crippen LogP contribution in [0.2, 0.25) is 0 Å². The Morgan fingerprint density at radius 1 is 1.28 bits per heavy atom. The topological polar surface area (TPSA) is 61.1 Å². The highest BCUT2D eigenvalue weighted by Gasteiger charge is 2.30. The van der Waals surface area contributed by atoms with Gasteiger partial charge in [-0.1, -0.05) is 12.1 Å². The third kappa shape index (κ3) is 2.88. The molecule has 1 aromatic rings. The number of aliphatic hydroxyl groups excluding tert-OH is 1. The number of allylic oxidation sites excluding steroid dienone is 1. The average molecular weight is 255 g/mol. The number of alkyl halides is 3. The first-order chi connectivity index (χ1) is 8.27. The van der Waals surface area contributed by atoms with Gasteiger partial charge in [0.15, 0.2) is 5.78 Å². The van der Waals surface area contributed by atoms with E-state index in [1.165, 1.54) is 6.07 Å². The minimum absolute atomic E-state index is 0.0188. The van der Waals surface area contributed by atoms with E-state index in [2.05, 4.69) is 0 Å². The van der Waals surface area contributed by atoms with E-state index < -0.39 is 28.9 Å². The summed E-state index contributed by atoms with van der Waals surface area (Å²) < 4.78 is 36.9. The molecular weight excluding hydrogens is 247 g/mol. The lowest BCUT2D eigenvalue weighted by Gasteiger charge is -2.07. The van der Waals surface area contributed by atoms with Crippen LogP contribution in [0.4, 0.5) is 13.2 Å². The molecule has 0 saturated heterocycles. The zero-order chi connectivity index (χ0) is 13.9. The second kappa shape index (κ2) is 4.92. The molecule has 0 aliphatic carbocycles. The highest BCUT2D eigenvalue weighted by molar-refractivity contribution is 6.03. The molecule has 0 unspecified atom stereocenters. The molecule has 0 saturated carbocycles. The lowest BCUT2D eigenvalue weighted by atomic mass is 10.0. The van der Waals surface area contributed by atoms with Crippen molar-refractivity contribution in [1.82, 2.24) is 0 Å². The van der Waals surface area contributed by atoms with Crippen molar-refractivity contribution in [3.05, 3.63) is 41.0 Å². The van der Waals surface area contributed by atoms with Crippen LogP contribution < -0.4 is 0 Å². The van der Waals surface area contributed by atoms with Crippen molar-refractivity contribution in [3.63, 3.8) is 0 Å². The first-order valence-electron chi connectivity index (χ1n) is 4.79. The van der Waals surface area contributed by atoms with Crippen molar-refractivity contribution < 1.29 is 23.1 Å². The van der Waals surface area contributed by atoms with Crippen LogP contribution in [0.25, 0.3) is 5.76 Å². The van der Waals surface area contributed by atoms with Crippen molar-refractivity contribution in [3.8, 4) is 6.07 Å². The number of halogens is 3. The smallest absolute Gasteiger partial charge is 0.416 e. The normalized spacial score (nSPS) is 12.6. The lowest BCUT2D eigenvalue weighted by molar-refractivity contribution is -0.137. The SMILES string of the molecule is CC(=O)/C(C#N)=C(\O)c1ccc(C(F)(F)F)cc1. The highest BCUT2D eigenvalue weighted by Crippen LogP contribution is 2.30. The van der Waals surface area contributed by atoms with Crippen LogP contribution in [0.3, 0.4) is 0 Å². The zero-order valence-electron chi connectivity index (χ0n) is 9.25. The first kappa shape index (κ1) is 13.8. The van der Waals surface area contributed by atoms with E-state index in [1.54, 1.807) is 0 Å². The summed E-state index contributed by atoms with van der Waals surface area (Å²) in [5, 5.41) is 18.2. The van der Waals surface area contributed by atoms with Crippen molar-refractivity contribution in [2.45, 2.75) is 13.1 Å². The van der Waals surface area contributed by atoms with Gasteiger partial charge in [-0.2, -0.15) is 18.4 Å². The molecule has 0 aromatic heterocycles. The molecular formula is C12H8F3NO2. The summed E-state index contributed by atoms with van der Waals surface area (Å²) in [7, 11) is 0. The van der Waals surface area contributed by atoms with E-state index >= 15 is 0 Å². The van der Waals surface area contributed by atoms with Gasteiger partial charge in [-0.25, -0.2) is 0 Å². The third-order valence-electron chi connectivity index (χ3n) is 2.19. The van der Waals surface area contributed by atoms with Crippen LogP contribution >= 0.6 is 0 Å². The molecule has 18 heavy (non-hydrogen) atoms. The van der Waals surface area contributed by atoms with E-state index in [9.17, 15) is 23.1 Å². The quantitative estimate of drug-likeness (QED) is 0.501. The standard InChI is InChI=1S/C12H8F3NO2/c1-7(17)10(6-16)11(18)8-2-4-9(5-3-8)12(13,14)15/h2-5,18H,1H3/b11-10-. The molecule has 94 valence electrons. The van der Waals surface area contributed by atoms with E-state index in [4.69, 9.17) is 5.26 Å². The van der Waals surface area contributed by atoms with Gasteiger partial charge in [0.1, 0.15) is 17.4 Å². The summed E-state index contributed by atoms with van der Waals surface area (Å²) in [5.41, 5.74) is -1.38. The summed E-state index contributed by atoms with van der Waals surface area (Å²) in [5.74, 6) is -1.28. The number of aliphatic hydroxyl groups is 1. The average Bonchev–Trinajstić information content (AvgIpc) is 2.28. The number of benzene rings is 1. The van der Waals surface area contributed by atoms with Crippen LogP contribution in [0.5, 0.6) is 0 Å². The predicted molar refractivity (Wildman–Crippen MR) is 57.3 cm³/mol. The molecule has 0 bridgehead atoms. The van der Waals surface area contributed by atoms with Crippen LogP contribution in [-0.2, 0) is 11.0 Å². The fraction of sp³-hybridized carbons (Fsp3) is 0.167. The number of carbonyl (C=O) groups is 1. The Morgan fingerprint density at radius 2 is 1.78 bits per heavy atom. The van der Waals surface area contributed by atoms with Gasteiger partial charge in [0.2, 0.25) is 0 Å². The highest BCUT2D eigenvalue weighted by atomic mass is 19.4. The van der Waals surface area contributed by atoms with Gasteiger partial charge in [0.05, 0.1) is 5.56 Å². The van der Waals surface area contributed by atoms with Gasteiger partial charge < -0.3 is 5.11 Å². The van der Waals surface area contributed by atoms with Gasteiger partial charge in [-0.15, -0.1) is 0 Å². The molecule has 0 fully saturated rings. The molecule has 0 atom stereocenters. The fourth-order valence-electron chi connectivity index (χ4n) is 1.26. The molecule has 1 rings (SSSR count). The largest absolute Gasteiger partial charge is 0.506 e. The summed E-state index contributed by atoms with van der Waals surface area (Å²) in [4.78, 5) is 11.0. The van der Waals surface area contributed by atoms with E-state index in [0.29, 0.717) is 0 Å². The Bertz CT molecular complexity index is 536. The fourth-order valence-corrected chi connectivity index (χ4v) is 1.26.